The van der Waals surface area contributed by atoms with E-state index in [0.29, 0.717) is 16.8 Å². The summed E-state index contributed by atoms with van der Waals surface area (Å²) < 4.78 is 10.7. The first kappa shape index (κ1) is 21.8. The lowest BCUT2D eigenvalue weighted by atomic mass is 10.00. The average Bonchev–Trinajstić information content (AvgIpc) is 3.52. The van der Waals surface area contributed by atoms with Crippen LogP contribution in [0, 0.1) is 6.92 Å². The normalized spacial score (nSPS) is 12.1. The number of rotatable bonds is 6. The number of thiophene rings is 1. The molecule has 5 aromatic rings. The summed E-state index contributed by atoms with van der Waals surface area (Å²) in [6, 6.07) is 19.2. The van der Waals surface area contributed by atoms with Crippen LogP contribution < -0.4 is 5.32 Å². The van der Waals surface area contributed by atoms with Gasteiger partial charge in [-0.15, -0.1) is 11.3 Å². The number of nitrogens with zero attached hydrogens (tertiary/aromatic N) is 2. The van der Waals surface area contributed by atoms with E-state index in [-0.39, 0.29) is 23.2 Å². The van der Waals surface area contributed by atoms with Crippen LogP contribution in [-0.2, 0) is 9.53 Å². The highest BCUT2D eigenvalue weighted by atomic mass is 32.1. The van der Waals surface area contributed by atoms with Crippen molar-refractivity contribution in [3.05, 3.63) is 82.9 Å². The molecular weight excluding hydrogens is 450 g/mol. The fraction of sp³-hybridized carbons (Fsp3) is 0.154. The van der Waals surface area contributed by atoms with Crippen molar-refractivity contribution in [2.24, 2.45) is 0 Å². The fourth-order valence-corrected chi connectivity index (χ4v) is 4.69. The largest absolute Gasteiger partial charge is 0.452 e. The van der Waals surface area contributed by atoms with Gasteiger partial charge in [0.05, 0.1) is 33.3 Å². The molecule has 1 unspecified atom stereocenters. The Labute approximate surface area is 199 Å². The minimum Gasteiger partial charge on any atom is -0.452 e. The molecule has 0 fully saturated rings. The van der Waals surface area contributed by atoms with Crippen LogP contribution in [0.25, 0.3) is 32.4 Å². The van der Waals surface area contributed by atoms with E-state index in [1.54, 1.807) is 13.0 Å². The first-order chi connectivity index (χ1) is 16.5. The molecule has 1 N–H and O–H groups in total. The second-order valence-corrected chi connectivity index (χ2v) is 8.86. The minimum atomic E-state index is -0.635. The molecule has 34 heavy (non-hydrogen) atoms. The summed E-state index contributed by atoms with van der Waals surface area (Å²) in [6.45, 7) is 3.23. The number of benzene rings is 2. The van der Waals surface area contributed by atoms with Crippen LogP contribution in [0.3, 0.4) is 0 Å². The Bertz CT molecular complexity index is 1500. The zero-order valence-corrected chi connectivity index (χ0v) is 19.4. The molecule has 170 valence electrons. The highest BCUT2D eigenvalue weighted by molar-refractivity contribution is 7.13. The van der Waals surface area contributed by atoms with Gasteiger partial charge in [-0.05, 0) is 47.7 Å². The first-order valence-electron chi connectivity index (χ1n) is 10.8. The van der Waals surface area contributed by atoms with Gasteiger partial charge in [0.1, 0.15) is 0 Å². The monoisotopic (exact) mass is 471 g/mol. The second-order valence-electron chi connectivity index (χ2n) is 7.91. The summed E-state index contributed by atoms with van der Waals surface area (Å²) in [5.41, 5.74) is 2.63. The molecule has 3 heterocycles. The summed E-state index contributed by atoms with van der Waals surface area (Å²) in [5, 5.41) is 11.4. The number of amides is 1. The molecule has 0 radical (unpaired) electrons. The smallest absolute Gasteiger partial charge is 0.339 e. The number of carbonyl (C=O) groups is 2. The van der Waals surface area contributed by atoms with Gasteiger partial charge in [0, 0.05) is 0 Å². The molecule has 0 saturated heterocycles. The summed E-state index contributed by atoms with van der Waals surface area (Å²) in [4.78, 5) is 30.9. The van der Waals surface area contributed by atoms with Crippen LogP contribution in [0.4, 0.5) is 0 Å². The van der Waals surface area contributed by atoms with Gasteiger partial charge >= 0.3 is 5.97 Å². The Hall–Kier alpha value is -4.04. The number of hydrogen-bond donors (Lipinski definition) is 1. The lowest BCUT2D eigenvalue weighted by Crippen LogP contribution is -2.31. The first-order valence-corrected chi connectivity index (χ1v) is 11.6. The topological polar surface area (TPSA) is 94.3 Å². The fourth-order valence-electron chi connectivity index (χ4n) is 4.00. The minimum absolute atomic E-state index is 0.254. The number of aromatic nitrogens is 2. The van der Waals surface area contributed by atoms with E-state index in [1.807, 2.05) is 66.9 Å². The van der Waals surface area contributed by atoms with Crippen LogP contribution in [-0.4, -0.2) is 28.6 Å². The van der Waals surface area contributed by atoms with E-state index in [2.05, 4.69) is 15.5 Å². The quantitative estimate of drug-likeness (QED) is 0.331. The van der Waals surface area contributed by atoms with Crippen molar-refractivity contribution in [1.82, 2.24) is 15.5 Å². The lowest BCUT2D eigenvalue weighted by Gasteiger charge is -2.16. The molecule has 1 atom stereocenters. The molecule has 0 spiro atoms. The van der Waals surface area contributed by atoms with Crippen molar-refractivity contribution >= 4 is 45.1 Å². The van der Waals surface area contributed by atoms with Crippen LogP contribution in [0.2, 0.25) is 0 Å². The predicted molar refractivity (Wildman–Crippen MR) is 131 cm³/mol. The second kappa shape index (κ2) is 9.07. The van der Waals surface area contributed by atoms with Gasteiger partial charge in [-0.3, -0.25) is 4.79 Å². The van der Waals surface area contributed by atoms with E-state index < -0.39 is 12.6 Å². The van der Waals surface area contributed by atoms with Crippen LogP contribution >= 0.6 is 11.3 Å². The number of carbonyl (C=O) groups excluding carboxylic acids is 2. The number of esters is 1. The summed E-state index contributed by atoms with van der Waals surface area (Å²) >= 11 is 1.49. The Morgan fingerprint density at radius 1 is 1.12 bits per heavy atom. The maximum absolute atomic E-state index is 13.0. The van der Waals surface area contributed by atoms with Gasteiger partial charge in [-0.25, -0.2) is 9.78 Å². The highest BCUT2D eigenvalue weighted by Gasteiger charge is 2.22. The number of ether oxygens (including phenoxy) is 1. The zero-order chi connectivity index (χ0) is 23.7. The van der Waals surface area contributed by atoms with Gasteiger partial charge in [0.2, 0.25) is 0 Å². The maximum Gasteiger partial charge on any atom is 0.339 e. The number of fused-ring (bicyclic) bond motifs is 2. The van der Waals surface area contributed by atoms with Gasteiger partial charge in [0.25, 0.3) is 11.6 Å². The molecule has 1 amide bonds. The van der Waals surface area contributed by atoms with Crippen LogP contribution in [0.5, 0.6) is 0 Å². The van der Waals surface area contributed by atoms with Crippen molar-refractivity contribution in [3.63, 3.8) is 0 Å². The van der Waals surface area contributed by atoms with Crippen molar-refractivity contribution in [1.29, 1.82) is 0 Å². The van der Waals surface area contributed by atoms with Crippen LogP contribution in [0.15, 0.2) is 70.6 Å². The number of hydrogen-bond acceptors (Lipinski definition) is 7. The summed E-state index contributed by atoms with van der Waals surface area (Å²) in [6.07, 6.45) is 0. The molecule has 7 nitrogen and oxygen atoms in total. The molecule has 3 aromatic heterocycles. The summed E-state index contributed by atoms with van der Waals surface area (Å²) in [7, 11) is 0. The van der Waals surface area contributed by atoms with Crippen molar-refractivity contribution < 1.29 is 18.8 Å². The van der Waals surface area contributed by atoms with Gasteiger partial charge < -0.3 is 14.6 Å². The van der Waals surface area contributed by atoms with Gasteiger partial charge in [-0.2, -0.15) is 0 Å². The molecule has 8 heteroatoms. The molecule has 0 bridgehead atoms. The Morgan fingerprint density at radius 2 is 1.94 bits per heavy atom. The van der Waals surface area contributed by atoms with E-state index in [1.165, 1.54) is 11.3 Å². The standard InChI is InChI=1S/C26H21N3O4S/c1-15(18-10-5-8-17-7-3-4-9-19(17)18)27-23(30)14-32-26(31)20-13-21(22-11-6-12-34-22)28-25-24(20)16(2)29-33-25/h3-13,15H,14H2,1-2H3,(H,27,30). The Morgan fingerprint density at radius 3 is 2.76 bits per heavy atom. The highest BCUT2D eigenvalue weighted by Crippen LogP contribution is 2.30. The van der Waals surface area contributed by atoms with E-state index >= 15 is 0 Å². The Kier molecular flexibility index (Phi) is 5.81. The molecule has 0 aliphatic carbocycles. The SMILES string of the molecule is Cc1noc2nc(-c3cccs3)cc(C(=O)OCC(=O)NC(C)c3cccc4ccccc34)c12. The van der Waals surface area contributed by atoms with Gasteiger partial charge in [-0.1, -0.05) is 53.7 Å². The third-order valence-electron chi connectivity index (χ3n) is 5.61. The van der Waals surface area contributed by atoms with E-state index in [9.17, 15) is 9.59 Å². The zero-order valence-electron chi connectivity index (χ0n) is 18.6. The predicted octanol–water partition coefficient (Wildman–Crippen LogP) is 5.45. The molecule has 2 aromatic carbocycles. The average molecular weight is 472 g/mol. The lowest BCUT2D eigenvalue weighted by molar-refractivity contribution is -0.124. The van der Waals surface area contributed by atoms with Crippen molar-refractivity contribution in [2.45, 2.75) is 19.9 Å². The molecule has 5 rings (SSSR count). The molecule has 0 aliphatic rings. The number of aryl methyl sites for hydroxylation is 1. The number of nitrogens with one attached hydrogen (secondary N) is 1. The van der Waals surface area contributed by atoms with E-state index in [4.69, 9.17) is 9.26 Å². The van der Waals surface area contributed by atoms with Crippen LogP contribution in [0.1, 0.15) is 34.6 Å². The number of pyridine rings is 1. The Balaban J connectivity index is 1.32. The third-order valence-corrected chi connectivity index (χ3v) is 6.50. The molecular formula is C26H21N3O4S. The molecule has 0 saturated carbocycles. The maximum atomic E-state index is 13.0. The van der Waals surface area contributed by atoms with Gasteiger partial charge in [0.15, 0.2) is 6.61 Å². The summed E-state index contributed by atoms with van der Waals surface area (Å²) in [5.74, 6) is -1.02. The van der Waals surface area contributed by atoms with E-state index in [0.717, 1.165) is 21.2 Å². The van der Waals surface area contributed by atoms with Crippen molar-refractivity contribution in [3.8, 4) is 10.6 Å². The molecule has 0 aliphatic heterocycles. The van der Waals surface area contributed by atoms with Crippen molar-refractivity contribution in [2.75, 3.05) is 6.61 Å². The third kappa shape index (κ3) is 4.15.